The summed E-state index contributed by atoms with van der Waals surface area (Å²) in [5, 5.41) is 7.29. The number of amidine groups is 1. The van der Waals surface area contributed by atoms with Crippen molar-refractivity contribution in [1.82, 2.24) is 9.91 Å². The molecule has 2 rings (SSSR count). The second-order valence-corrected chi connectivity index (χ2v) is 4.32. The Morgan fingerprint density at radius 1 is 1.47 bits per heavy atom. The number of ether oxygens (including phenoxy) is 1. The molecule has 2 heterocycles. The van der Waals surface area contributed by atoms with Crippen LogP contribution in [0, 0.1) is 0 Å². The van der Waals surface area contributed by atoms with Crippen LogP contribution in [-0.4, -0.2) is 59.6 Å². The molecule has 0 aromatic carbocycles. The molecular weight excluding hydrogens is 214 g/mol. The summed E-state index contributed by atoms with van der Waals surface area (Å²) in [4.78, 5) is 13.2. The van der Waals surface area contributed by atoms with Gasteiger partial charge in [-0.25, -0.2) is 0 Å². The number of rotatable bonds is 2. The Bertz CT molecular complexity index is 277. The van der Waals surface area contributed by atoms with Crippen molar-refractivity contribution < 1.29 is 9.53 Å². The fourth-order valence-electron chi connectivity index (χ4n) is 1.56. The number of nitrogens with zero attached hydrogens (tertiary/aromatic N) is 3. The molecule has 84 valence electrons. The van der Waals surface area contributed by atoms with Gasteiger partial charge in [-0.15, -0.1) is 0 Å². The van der Waals surface area contributed by atoms with Crippen LogP contribution < -0.4 is 0 Å². The zero-order chi connectivity index (χ0) is 10.7. The van der Waals surface area contributed by atoms with Gasteiger partial charge in [-0.05, 0) is 6.92 Å². The van der Waals surface area contributed by atoms with Gasteiger partial charge in [0, 0.05) is 6.54 Å². The smallest absolute Gasteiger partial charge is 0.239 e. The molecule has 0 aliphatic carbocycles. The summed E-state index contributed by atoms with van der Waals surface area (Å²) < 4.78 is 5.24. The van der Waals surface area contributed by atoms with E-state index in [2.05, 4.69) is 5.10 Å². The van der Waals surface area contributed by atoms with Crippen molar-refractivity contribution >= 4 is 22.8 Å². The molecule has 0 spiro atoms. The molecule has 2 aliphatic heterocycles. The van der Waals surface area contributed by atoms with Crippen LogP contribution in [0.3, 0.4) is 0 Å². The highest BCUT2D eigenvalue weighted by Crippen LogP contribution is 2.19. The molecular formula is C9H15N3O2S. The first-order chi connectivity index (χ1) is 7.31. The number of carbonyl (C=O) groups excluding carboxylic acids is 1. The Morgan fingerprint density at radius 3 is 2.87 bits per heavy atom. The van der Waals surface area contributed by atoms with Gasteiger partial charge in [0.05, 0.1) is 32.1 Å². The van der Waals surface area contributed by atoms with Crippen molar-refractivity contribution in [3.05, 3.63) is 0 Å². The third kappa shape index (κ3) is 2.43. The van der Waals surface area contributed by atoms with Crippen LogP contribution in [0.4, 0.5) is 0 Å². The monoisotopic (exact) mass is 229 g/mol. The zero-order valence-corrected chi connectivity index (χ0v) is 9.63. The van der Waals surface area contributed by atoms with Gasteiger partial charge in [-0.3, -0.25) is 14.7 Å². The minimum absolute atomic E-state index is 0.162. The number of hydrogen-bond acceptors (Lipinski definition) is 5. The van der Waals surface area contributed by atoms with Crippen LogP contribution in [0.5, 0.6) is 0 Å². The summed E-state index contributed by atoms with van der Waals surface area (Å²) in [7, 11) is 0. The molecule has 0 saturated carbocycles. The van der Waals surface area contributed by atoms with E-state index in [1.807, 2.05) is 11.9 Å². The standard InChI is InChI=1S/C9H15N3O2S/c1-2-12-8(13)7-15-9(12)10-11-3-5-14-6-4-11/h2-7H2,1H3/b10-9-. The van der Waals surface area contributed by atoms with E-state index in [0.29, 0.717) is 12.3 Å². The van der Waals surface area contributed by atoms with Crippen molar-refractivity contribution in [2.24, 2.45) is 5.10 Å². The number of thioether (sulfide) groups is 1. The minimum Gasteiger partial charge on any atom is -0.378 e. The van der Waals surface area contributed by atoms with Crippen LogP contribution in [-0.2, 0) is 9.53 Å². The van der Waals surface area contributed by atoms with Gasteiger partial charge < -0.3 is 4.74 Å². The number of morpholine rings is 1. The molecule has 2 aliphatic rings. The average molecular weight is 229 g/mol. The molecule has 0 N–H and O–H groups in total. The normalized spacial score (nSPS) is 25.4. The van der Waals surface area contributed by atoms with Crippen molar-refractivity contribution in [2.75, 3.05) is 38.6 Å². The summed E-state index contributed by atoms with van der Waals surface area (Å²) in [6.45, 7) is 5.75. The largest absolute Gasteiger partial charge is 0.378 e. The number of amides is 1. The fourth-order valence-corrected chi connectivity index (χ4v) is 2.53. The molecule has 6 heteroatoms. The topological polar surface area (TPSA) is 45.1 Å². The van der Waals surface area contributed by atoms with E-state index in [1.165, 1.54) is 11.8 Å². The lowest BCUT2D eigenvalue weighted by Gasteiger charge is -2.25. The molecule has 2 saturated heterocycles. The first kappa shape index (κ1) is 10.8. The zero-order valence-electron chi connectivity index (χ0n) is 8.81. The van der Waals surface area contributed by atoms with Gasteiger partial charge in [-0.1, -0.05) is 11.8 Å². The van der Waals surface area contributed by atoms with Crippen molar-refractivity contribution in [2.45, 2.75) is 6.92 Å². The molecule has 0 radical (unpaired) electrons. The second-order valence-electron chi connectivity index (χ2n) is 3.38. The van der Waals surface area contributed by atoms with E-state index in [1.54, 1.807) is 4.90 Å². The van der Waals surface area contributed by atoms with E-state index in [0.717, 1.165) is 31.5 Å². The fraction of sp³-hybridized carbons (Fsp3) is 0.778. The van der Waals surface area contributed by atoms with Crippen LogP contribution in [0.25, 0.3) is 0 Å². The molecule has 5 nitrogen and oxygen atoms in total. The van der Waals surface area contributed by atoms with Crippen molar-refractivity contribution in [3.63, 3.8) is 0 Å². The summed E-state index contributed by atoms with van der Waals surface area (Å²) >= 11 is 1.52. The molecule has 2 fully saturated rings. The van der Waals surface area contributed by atoms with E-state index in [4.69, 9.17) is 4.74 Å². The lowest BCUT2D eigenvalue weighted by molar-refractivity contribution is -0.123. The average Bonchev–Trinajstić information content (AvgIpc) is 2.61. The number of hydrazone groups is 1. The first-order valence-corrected chi connectivity index (χ1v) is 6.14. The van der Waals surface area contributed by atoms with Gasteiger partial charge in [0.15, 0.2) is 5.17 Å². The predicted octanol–water partition coefficient (Wildman–Crippen LogP) is 0.185. The molecule has 1 amide bonds. The summed E-state index contributed by atoms with van der Waals surface area (Å²) in [6.07, 6.45) is 0. The maximum absolute atomic E-state index is 11.4. The predicted molar refractivity (Wildman–Crippen MR) is 59.7 cm³/mol. The van der Waals surface area contributed by atoms with Crippen LogP contribution >= 0.6 is 11.8 Å². The van der Waals surface area contributed by atoms with Gasteiger partial charge in [-0.2, -0.15) is 5.10 Å². The number of carbonyl (C=O) groups is 1. The Hall–Kier alpha value is -0.750. The highest BCUT2D eigenvalue weighted by molar-refractivity contribution is 8.15. The van der Waals surface area contributed by atoms with E-state index in [9.17, 15) is 4.79 Å². The quantitative estimate of drug-likeness (QED) is 0.678. The molecule has 0 unspecified atom stereocenters. The van der Waals surface area contributed by atoms with Gasteiger partial charge in [0.1, 0.15) is 0 Å². The molecule has 0 atom stereocenters. The van der Waals surface area contributed by atoms with E-state index < -0.39 is 0 Å². The second kappa shape index (κ2) is 4.85. The van der Waals surface area contributed by atoms with E-state index >= 15 is 0 Å². The molecule has 15 heavy (non-hydrogen) atoms. The first-order valence-electron chi connectivity index (χ1n) is 5.15. The molecule has 0 bridgehead atoms. The maximum atomic E-state index is 11.4. The minimum atomic E-state index is 0.162. The summed E-state index contributed by atoms with van der Waals surface area (Å²) in [5.74, 6) is 0.686. The maximum Gasteiger partial charge on any atom is 0.239 e. The Morgan fingerprint density at radius 2 is 2.20 bits per heavy atom. The molecule has 0 aromatic rings. The Labute approximate surface area is 93.4 Å². The van der Waals surface area contributed by atoms with Crippen molar-refractivity contribution in [3.8, 4) is 0 Å². The van der Waals surface area contributed by atoms with Crippen LogP contribution in [0.2, 0.25) is 0 Å². The van der Waals surface area contributed by atoms with Crippen LogP contribution in [0.15, 0.2) is 5.10 Å². The lowest BCUT2D eigenvalue weighted by atomic mass is 10.5. The summed E-state index contributed by atoms with van der Waals surface area (Å²) in [5.41, 5.74) is 0. The Balaban J connectivity index is 2.01. The van der Waals surface area contributed by atoms with E-state index in [-0.39, 0.29) is 5.91 Å². The van der Waals surface area contributed by atoms with Gasteiger partial charge in [0.2, 0.25) is 5.91 Å². The number of hydrogen-bond donors (Lipinski definition) is 0. The molecule has 0 aromatic heterocycles. The van der Waals surface area contributed by atoms with Gasteiger partial charge in [0.25, 0.3) is 0 Å². The lowest BCUT2D eigenvalue weighted by Crippen LogP contribution is -2.36. The van der Waals surface area contributed by atoms with Crippen molar-refractivity contribution in [1.29, 1.82) is 0 Å². The highest BCUT2D eigenvalue weighted by Gasteiger charge is 2.27. The van der Waals surface area contributed by atoms with Crippen LogP contribution in [0.1, 0.15) is 6.92 Å². The Kier molecular flexibility index (Phi) is 3.48. The summed E-state index contributed by atoms with van der Waals surface area (Å²) in [6, 6.07) is 0. The third-order valence-electron chi connectivity index (χ3n) is 2.39. The SMILES string of the molecule is CCN1C(=O)CS/C1=N\N1CCOCC1. The highest BCUT2D eigenvalue weighted by atomic mass is 32.2. The third-order valence-corrected chi connectivity index (χ3v) is 3.34. The van der Waals surface area contributed by atoms with Gasteiger partial charge >= 0.3 is 0 Å².